The fraction of sp³-hybridized carbons (Fsp3) is 0.222. The van der Waals surface area contributed by atoms with E-state index in [9.17, 15) is 0 Å². The highest BCUT2D eigenvalue weighted by atomic mass is 15.2. The first-order chi connectivity index (χ1) is 6.58. The van der Waals surface area contributed by atoms with E-state index >= 15 is 0 Å². The van der Waals surface area contributed by atoms with Gasteiger partial charge in [0.2, 0.25) is 18.2 Å². The molecule has 1 aromatic rings. The van der Waals surface area contributed by atoms with E-state index in [2.05, 4.69) is 45.1 Å². The van der Waals surface area contributed by atoms with Crippen LogP contribution in [0.5, 0.6) is 0 Å². The van der Waals surface area contributed by atoms with Crippen molar-refractivity contribution in [3.63, 3.8) is 0 Å². The number of rotatable bonds is 4. The van der Waals surface area contributed by atoms with Gasteiger partial charge in [0, 0.05) is 11.4 Å². The van der Waals surface area contributed by atoms with Crippen molar-refractivity contribution >= 4 is 11.9 Å². The number of aromatic nitrogens is 3. The maximum absolute atomic E-state index is 4.06. The molecule has 0 saturated carbocycles. The van der Waals surface area contributed by atoms with E-state index in [1.807, 2.05) is 13.8 Å². The van der Waals surface area contributed by atoms with Gasteiger partial charge in [-0.2, -0.15) is 15.0 Å². The van der Waals surface area contributed by atoms with E-state index in [0.29, 0.717) is 11.9 Å². The molecule has 1 rings (SSSR count). The average Bonchev–Trinajstić information content (AvgIpc) is 2.01. The minimum absolute atomic E-state index is 0.413. The van der Waals surface area contributed by atoms with Crippen LogP contribution in [-0.4, -0.2) is 15.0 Å². The third-order valence-corrected chi connectivity index (χ3v) is 1.17. The minimum atomic E-state index is 0.413. The molecule has 0 atom stereocenters. The second-order valence-corrected chi connectivity index (χ2v) is 2.89. The Bertz CT molecular complexity index is 327. The smallest absolute Gasteiger partial charge is 0.232 e. The van der Waals surface area contributed by atoms with Crippen LogP contribution in [0, 0.1) is 6.33 Å². The number of allylic oxidation sites excluding steroid dienone is 2. The average molecular weight is 190 g/mol. The van der Waals surface area contributed by atoms with E-state index in [0.717, 1.165) is 11.4 Å². The summed E-state index contributed by atoms with van der Waals surface area (Å²) < 4.78 is 0. The quantitative estimate of drug-likeness (QED) is 0.754. The zero-order chi connectivity index (χ0) is 10.6. The maximum Gasteiger partial charge on any atom is 0.232 e. The SMILES string of the molecule is C=C(C)Nc1n[c]nc(NC(=C)C)n1. The molecule has 1 heterocycles. The topological polar surface area (TPSA) is 62.7 Å². The van der Waals surface area contributed by atoms with E-state index in [1.54, 1.807) is 0 Å². The number of hydrogen-bond donors (Lipinski definition) is 2. The van der Waals surface area contributed by atoms with Crippen molar-refractivity contribution in [1.29, 1.82) is 0 Å². The third-order valence-electron chi connectivity index (χ3n) is 1.17. The molecule has 1 aromatic heterocycles. The molecule has 0 aliphatic carbocycles. The molecule has 0 spiro atoms. The first kappa shape index (κ1) is 10.2. The molecule has 0 aliphatic heterocycles. The standard InChI is InChI=1S/C9H12N5/c1-6(2)12-8-10-5-11-9(14-8)13-7(3)4/h1,3H2,2,4H3,(H2,10,11,12,13,14). The van der Waals surface area contributed by atoms with Crippen molar-refractivity contribution in [2.24, 2.45) is 0 Å². The first-order valence-corrected chi connectivity index (χ1v) is 4.05. The number of hydrogen-bond acceptors (Lipinski definition) is 5. The van der Waals surface area contributed by atoms with Gasteiger partial charge in [0.15, 0.2) is 0 Å². The Balaban J connectivity index is 2.78. The molecule has 0 bridgehead atoms. The largest absolute Gasteiger partial charge is 0.329 e. The molecule has 0 aliphatic rings. The van der Waals surface area contributed by atoms with Crippen LogP contribution in [0.1, 0.15) is 13.8 Å². The summed E-state index contributed by atoms with van der Waals surface area (Å²) in [5.41, 5.74) is 1.51. The molecule has 0 saturated heterocycles. The molecule has 2 N–H and O–H groups in total. The van der Waals surface area contributed by atoms with Crippen LogP contribution in [0.2, 0.25) is 0 Å². The number of anilines is 2. The highest BCUT2D eigenvalue weighted by Gasteiger charge is 1.99. The van der Waals surface area contributed by atoms with E-state index in [4.69, 9.17) is 0 Å². The Morgan fingerprint density at radius 3 is 1.86 bits per heavy atom. The molecule has 73 valence electrons. The maximum atomic E-state index is 4.06. The summed E-state index contributed by atoms with van der Waals surface area (Å²) in [6.07, 6.45) is 2.47. The molecule has 5 nitrogen and oxygen atoms in total. The summed E-state index contributed by atoms with van der Waals surface area (Å²) in [5.74, 6) is 0.826. The van der Waals surface area contributed by atoms with E-state index < -0.39 is 0 Å². The lowest BCUT2D eigenvalue weighted by atomic mass is 10.5. The summed E-state index contributed by atoms with van der Waals surface area (Å²) in [5, 5.41) is 5.72. The zero-order valence-electron chi connectivity index (χ0n) is 8.26. The Hall–Kier alpha value is -1.91. The van der Waals surface area contributed by atoms with Gasteiger partial charge in [-0.1, -0.05) is 13.2 Å². The van der Waals surface area contributed by atoms with Crippen molar-refractivity contribution in [3.8, 4) is 0 Å². The molecule has 0 aromatic carbocycles. The van der Waals surface area contributed by atoms with Gasteiger partial charge in [0.05, 0.1) is 0 Å². The summed E-state index contributed by atoms with van der Waals surface area (Å²) in [4.78, 5) is 11.7. The predicted molar refractivity (Wildman–Crippen MR) is 55.5 cm³/mol. The third kappa shape index (κ3) is 3.22. The Morgan fingerprint density at radius 2 is 1.50 bits per heavy atom. The summed E-state index contributed by atoms with van der Waals surface area (Å²) in [6, 6.07) is 0. The van der Waals surface area contributed by atoms with Crippen LogP contribution in [0.15, 0.2) is 24.6 Å². The summed E-state index contributed by atoms with van der Waals surface area (Å²) >= 11 is 0. The lowest BCUT2D eigenvalue weighted by Crippen LogP contribution is -2.05. The van der Waals surface area contributed by atoms with Crippen molar-refractivity contribution in [1.82, 2.24) is 15.0 Å². The number of nitrogens with zero attached hydrogens (tertiary/aromatic N) is 3. The van der Waals surface area contributed by atoms with Crippen molar-refractivity contribution in [2.45, 2.75) is 13.8 Å². The van der Waals surface area contributed by atoms with E-state index in [-0.39, 0.29) is 0 Å². The molecule has 5 heteroatoms. The molecule has 14 heavy (non-hydrogen) atoms. The molecular formula is C9H12N5. The van der Waals surface area contributed by atoms with Gasteiger partial charge in [-0.25, -0.2) is 0 Å². The molecule has 0 amide bonds. The van der Waals surface area contributed by atoms with Gasteiger partial charge in [0.1, 0.15) is 0 Å². The predicted octanol–water partition coefficient (Wildman–Crippen LogP) is 1.56. The summed E-state index contributed by atoms with van der Waals surface area (Å²) in [6.45, 7) is 11.0. The van der Waals surface area contributed by atoms with Gasteiger partial charge in [-0.15, -0.1) is 0 Å². The first-order valence-electron chi connectivity index (χ1n) is 4.05. The van der Waals surface area contributed by atoms with Crippen LogP contribution < -0.4 is 10.6 Å². The lowest BCUT2D eigenvalue weighted by Gasteiger charge is -2.05. The van der Waals surface area contributed by atoms with E-state index in [1.165, 1.54) is 0 Å². The van der Waals surface area contributed by atoms with Crippen molar-refractivity contribution in [3.05, 3.63) is 30.9 Å². The van der Waals surface area contributed by atoms with Crippen LogP contribution in [0.3, 0.4) is 0 Å². The summed E-state index contributed by atoms with van der Waals surface area (Å²) in [7, 11) is 0. The van der Waals surface area contributed by atoms with Crippen LogP contribution >= 0.6 is 0 Å². The van der Waals surface area contributed by atoms with Crippen molar-refractivity contribution < 1.29 is 0 Å². The van der Waals surface area contributed by atoms with Gasteiger partial charge >= 0.3 is 0 Å². The normalized spacial score (nSPS) is 9.29. The molecular weight excluding hydrogens is 178 g/mol. The fourth-order valence-corrected chi connectivity index (χ4v) is 0.764. The van der Waals surface area contributed by atoms with Gasteiger partial charge in [-0.05, 0) is 13.8 Å². The second kappa shape index (κ2) is 4.36. The van der Waals surface area contributed by atoms with Gasteiger partial charge < -0.3 is 10.6 Å². The fourth-order valence-electron chi connectivity index (χ4n) is 0.764. The highest BCUT2D eigenvalue weighted by Crippen LogP contribution is 2.04. The Kier molecular flexibility index (Phi) is 3.17. The van der Waals surface area contributed by atoms with Crippen LogP contribution in [0.4, 0.5) is 11.9 Å². The monoisotopic (exact) mass is 190 g/mol. The highest BCUT2D eigenvalue weighted by molar-refractivity contribution is 5.39. The minimum Gasteiger partial charge on any atom is -0.329 e. The second-order valence-electron chi connectivity index (χ2n) is 2.89. The lowest BCUT2D eigenvalue weighted by molar-refractivity contribution is 1.03. The molecule has 1 radical (unpaired) electrons. The van der Waals surface area contributed by atoms with Gasteiger partial charge in [-0.3, -0.25) is 0 Å². The molecule has 0 unspecified atom stereocenters. The van der Waals surface area contributed by atoms with Crippen LogP contribution in [0.25, 0.3) is 0 Å². The Morgan fingerprint density at radius 1 is 1.07 bits per heavy atom. The van der Waals surface area contributed by atoms with Gasteiger partial charge in [0.25, 0.3) is 0 Å². The number of nitrogens with one attached hydrogen (secondary N) is 2. The Labute approximate surface area is 83.0 Å². The van der Waals surface area contributed by atoms with Crippen LogP contribution in [-0.2, 0) is 0 Å². The van der Waals surface area contributed by atoms with Crippen molar-refractivity contribution in [2.75, 3.05) is 10.6 Å². The molecule has 0 fully saturated rings. The zero-order valence-corrected chi connectivity index (χ0v) is 8.26.